The quantitative estimate of drug-likeness (QED) is 0.450. The summed E-state index contributed by atoms with van der Waals surface area (Å²) in [5, 5.41) is 19.1. The SMILES string of the molecule is C=C(C)NCc1ccc(C)c(F)c1.C=c1/c(=C\C)cc(-c2c(C)cccc2O)n1C[C@@H]1CCCNC1. The van der Waals surface area contributed by atoms with Crippen LogP contribution < -0.4 is 21.2 Å². The molecule has 4 rings (SSSR count). The second-order valence-corrected chi connectivity index (χ2v) is 9.73. The second-order valence-electron chi connectivity index (χ2n) is 9.73. The molecule has 0 bridgehead atoms. The average Bonchev–Trinajstić information content (AvgIpc) is 3.15. The number of hydrogen-bond acceptors (Lipinski definition) is 3. The predicted molar refractivity (Wildman–Crippen MR) is 150 cm³/mol. The van der Waals surface area contributed by atoms with Gasteiger partial charge in [-0.05, 0) is 99.7 Å². The van der Waals surface area contributed by atoms with Gasteiger partial charge in [0.25, 0.3) is 0 Å². The van der Waals surface area contributed by atoms with Gasteiger partial charge in [0.15, 0.2) is 0 Å². The Morgan fingerprint density at radius 1 is 1.22 bits per heavy atom. The third-order valence-corrected chi connectivity index (χ3v) is 6.73. The molecule has 0 spiro atoms. The number of aryl methyl sites for hydroxylation is 2. The lowest BCUT2D eigenvalue weighted by molar-refractivity contribution is 0.336. The number of benzene rings is 2. The predicted octanol–water partition coefficient (Wildman–Crippen LogP) is 5.14. The average molecular weight is 490 g/mol. The molecule has 1 aromatic heterocycles. The number of phenols is 1. The maximum absolute atomic E-state index is 13.1. The molecule has 36 heavy (non-hydrogen) atoms. The Morgan fingerprint density at radius 2 is 2.00 bits per heavy atom. The normalized spacial score (nSPS) is 15.8. The maximum Gasteiger partial charge on any atom is 0.126 e. The number of aromatic nitrogens is 1. The molecular weight excluding hydrogens is 449 g/mol. The molecule has 3 aromatic rings. The number of halogens is 1. The zero-order valence-corrected chi connectivity index (χ0v) is 22.1. The van der Waals surface area contributed by atoms with E-state index in [0.29, 0.717) is 23.8 Å². The van der Waals surface area contributed by atoms with Gasteiger partial charge in [-0.2, -0.15) is 0 Å². The zero-order valence-electron chi connectivity index (χ0n) is 22.1. The molecule has 0 aliphatic carbocycles. The highest BCUT2D eigenvalue weighted by Gasteiger charge is 2.18. The van der Waals surface area contributed by atoms with E-state index in [1.54, 1.807) is 25.1 Å². The summed E-state index contributed by atoms with van der Waals surface area (Å²) in [4.78, 5) is 0. The van der Waals surface area contributed by atoms with E-state index in [-0.39, 0.29) is 5.82 Å². The van der Waals surface area contributed by atoms with E-state index in [1.807, 2.05) is 39.0 Å². The van der Waals surface area contributed by atoms with Crippen LogP contribution in [0.15, 0.2) is 54.7 Å². The Hall–Kier alpha value is -3.31. The first kappa shape index (κ1) is 27.3. The van der Waals surface area contributed by atoms with Crippen LogP contribution in [0.4, 0.5) is 4.39 Å². The van der Waals surface area contributed by atoms with Gasteiger partial charge in [0, 0.05) is 29.7 Å². The highest BCUT2D eigenvalue weighted by atomic mass is 19.1. The van der Waals surface area contributed by atoms with E-state index < -0.39 is 0 Å². The van der Waals surface area contributed by atoms with Crippen LogP contribution in [-0.2, 0) is 13.1 Å². The van der Waals surface area contributed by atoms with Gasteiger partial charge in [-0.3, -0.25) is 0 Å². The summed E-state index contributed by atoms with van der Waals surface area (Å²) < 4.78 is 15.3. The van der Waals surface area contributed by atoms with E-state index in [9.17, 15) is 9.50 Å². The Kier molecular flexibility index (Phi) is 9.54. The third-order valence-electron chi connectivity index (χ3n) is 6.73. The van der Waals surface area contributed by atoms with Gasteiger partial charge in [-0.15, -0.1) is 0 Å². The van der Waals surface area contributed by atoms with Crippen molar-refractivity contribution in [2.75, 3.05) is 13.1 Å². The van der Waals surface area contributed by atoms with Gasteiger partial charge in [-0.25, -0.2) is 4.39 Å². The molecule has 2 aromatic carbocycles. The van der Waals surface area contributed by atoms with Gasteiger partial charge >= 0.3 is 0 Å². The Morgan fingerprint density at radius 3 is 2.61 bits per heavy atom. The molecule has 3 N–H and O–H groups in total. The van der Waals surface area contributed by atoms with E-state index in [0.717, 1.165) is 58.3 Å². The first-order chi connectivity index (χ1) is 17.2. The molecule has 1 aliphatic heterocycles. The molecule has 192 valence electrons. The summed E-state index contributed by atoms with van der Waals surface area (Å²) in [6.07, 6.45) is 4.57. The van der Waals surface area contributed by atoms with Crippen molar-refractivity contribution in [1.82, 2.24) is 15.2 Å². The van der Waals surface area contributed by atoms with Crippen LogP contribution in [0.3, 0.4) is 0 Å². The molecule has 5 heteroatoms. The molecule has 1 fully saturated rings. The molecule has 4 nitrogen and oxygen atoms in total. The van der Waals surface area contributed by atoms with Crippen molar-refractivity contribution in [3.8, 4) is 17.0 Å². The van der Waals surface area contributed by atoms with E-state index >= 15 is 0 Å². The fraction of sp³-hybridized carbons (Fsp3) is 0.355. The summed E-state index contributed by atoms with van der Waals surface area (Å²) >= 11 is 0. The summed E-state index contributed by atoms with van der Waals surface area (Å²) in [6.45, 7) is 19.5. The summed E-state index contributed by atoms with van der Waals surface area (Å²) in [5.74, 6) is 0.806. The number of nitrogens with zero attached hydrogens (tertiary/aromatic N) is 1. The Bertz CT molecular complexity index is 1280. The van der Waals surface area contributed by atoms with Crippen LogP contribution in [0.5, 0.6) is 5.75 Å². The lowest BCUT2D eigenvalue weighted by Crippen LogP contribution is -2.36. The number of aromatic hydroxyl groups is 1. The van der Waals surface area contributed by atoms with Gasteiger partial charge in [0.2, 0.25) is 0 Å². The molecule has 1 aliphatic rings. The first-order valence-corrected chi connectivity index (χ1v) is 12.7. The fourth-order valence-corrected chi connectivity index (χ4v) is 4.60. The summed E-state index contributed by atoms with van der Waals surface area (Å²) in [7, 11) is 0. The molecule has 2 heterocycles. The number of hydrogen-bond donors (Lipinski definition) is 3. The Labute approximate surface area is 214 Å². The lowest BCUT2D eigenvalue weighted by Gasteiger charge is -2.24. The summed E-state index contributed by atoms with van der Waals surface area (Å²) in [5.41, 5.74) is 5.60. The number of rotatable bonds is 6. The van der Waals surface area contributed by atoms with Crippen LogP contribution in [0.1, 0.15) is 43.4 Å². The molecule has 0 radical (unpaired) electrons. The lowest BCUT2D eigenvalue weighted by atomic mass is 9.99. The minimum absolute atomic E-state index is 0.152. The topological polar surface area (TPSA) is 49.2 Å². The standard InChI is InChI=1S/C20H26N2O.C11H14FN/c1-4-17-11-18(20-14(2)7-5-9-19(20)23)22(15(17)3)13-16-8-6-10-21-12-16;1-8(2)13-7-10-5-4-9(3)11(12)6-10/h4-5,7,9,11,16,21,23H,3,6,8,10,12-13H2,1-2H3;4-6,13H,1,7H2,2-3H3/b17-4-;/t16-;/m1./s1. The van der Waals surface area contributed by atoms with Crippen LogP contribution >= 0.6 is 0 Å². The van der Waals surface area contributed by atoms with Gasteiger partial charge in [0.1, 0.15) is 11.6 Å². The van der Waals surface area contributed by atoms with Gasteiger partial charge < -0.3 is 20.3 Å². The zero-order chi connectivity index (χ0) is 26.2. The minimum atomic E-state index is -0.152. The van der Waals surface area contributed by atoms with Crippen molar-refractivity contribution >= 4 is 12.7 Å². The second kappa shape index (κ2) is 12.6. The van der Waals surface area contributed by atoms with Crippen LogP contribution in [0, 0.1) is 25.6 Å². The van der Waals surface area contributed by atoms with Crippen molar-refractivity contribution < 1.29 is 9.50 Å². The minimum Gasteiger partial charge on any atom is -0.507 e. The van der Waals surface area contributed by atoms with Crippen molar-refractivity contribution in [3.05, 3.63) is 87.8 Å². The van der Waals surface area contributed by atoms with E-state index in [1.165, 1.54) is 12.8 Å². The summed E-state index contributed by atoms with van der Waals surface area (Å²) in [6, 6.07) is 13.1. The molecule has 0 unspecified atom stereocenters. The van der Waals surface area contributed by atoms with Crippen molar-refractivity contribution in [2.24, 2.45) is 5.92 Å². The van der Waals surface area contributed by atoms with E-state index in [4.69, 9.17) is 0 Å². The molecule has 1 saturated heterocycles. The highest BCUT2D eigenvalue weighted by molar-refractivity contribution is 5.71. The van der Waals surface area contributed by atoms with Crippen LogP contribution in [0.25, 0.3) is 23.9 Å². The number of nitrogens with one attached hydrogen (secondary N) is 2. The maximum atomic E-state index is 13.1. The number of allylic oxidation sites excluding steroid dienone is 1. The first-order valence-electron chi connectivity index (χ1n) is 12.7. The van der Waals surface area contributed by atoms with Gasteiger partial charge in [-0.1, -0.05) is 43.5 Å². The number of phenolic OH excluding ortho intramolecular Hbond substituents is 1. The number of piperidine rings is 1. The van der Waals surface area contributed by atoms with Crippen molar-refractivity contribution in [2.45, 2.75) is 53.6 Å². The molecule has 1 atom stereocenters. The van der Waals surface area contributed by atoms with Gasteiger partial charge in [0.05, 0.1) is 5.69 Å². The van der Waals surface area contributed by atoms with Crippen molar-refractivity contribution in [1.29, 1.82) is 0 Å². The van der Waals surface area contributed by atoms with Crippen LogP contribution in [-0.4, -0.2) is 22.8 Å². The molecule has 0 amide bonds. The fourth-order valence-electron chi connectivity index (χ4n) is 4.60. The van der Waals surface area contributed by atoms with E-state index in [2.05, 4.69) is 40.5 Å². The molecule has 0 saturated carbocycles. The largest absolute Gasteiger partial charge is 0.507 e. The molecular formula is C31H40FN3O. The smallest absolute Gasteiger partial charge is 0.126 e. The Balaban J connectivity index is 0.000000236. The third kappa shape index (κ3) is 6.88. The van der Waals surface area contributed by atoms with Crippen molar-refractivity contribution in [3.63, 3.8) is 0 Å². The monoisotopic (exact) mass is 489 g/mol. The highest BCUT2D eigenvalue weighted by Crippen LogP contribution is 2.31. The van der Waals surface area contributed by atoms with Crippen LogP contribution in [0.2, 0.25) is 0 Å².